The van der Waals surface area contributed by atoms with Crippen LogP contribution in [-0.2, 0) is 16.1 Å². The molecule has 2 aromatic rings. The first-order valence-corrected chi connectivity index (χ1v) is 7.23. The average Bonchev–Trinajstić information content (AvgIpc) is 2.93. The molecule has 1 heterocycles. The molecule has 0 aliphatic carbocycles. The van der Waals surface area contributed by atoms with Crippen molar-refractivity contribution >= 4 is 23.3 Å². The van der Waals surface area contributed by atoms with Gasteiger partial charge in [0.2, 0.25) is 0 Å². The maximum Gasteiger partial charge on any atom is 0.333 e. The molecule has 1 atom stereocenters. The smallest absolute Gasteiger partial charge is 0.333 e. The van der Waals surface area contributed by atoms with Gasteiger partial charge < -0.3 is 10.1 Å². The molecule has 0 saturated heterocycles. The third-order valence-electron chi connectivity index (χ3n) is 2.97. The topological polar surface area (TPSA) is 56.1 Å². The zero-order valence-corrected chi connectivity index (χ0v) is 12.8. The van der Waals surface area contributed by atoms with Crippen LogP contribution in [0.1, 0.15) is 25.5 Å². The van der Waals surface area contributed by atoms with E-state index in [1.165, 1.54) is 0 Å². The normalized spacial score (nSPS) is 12.0. The van der Waals surface area contributed by atoms with Gasteiger partial charge in [0.1, 0.15) is 0 Å². The van der Waals surface area contributed by atoms with Gasteiger partial charge in [0.05, 0.1) is 12.8 Å². The predicted molar refractivity (Wildman–Crippen MR) is 82.3 cm³/mol. The van der Waals surface area contributed by atoms with E-state index in [0.29, 0.717) is 11.6 Å². The minimum Gasteiger partial charge on any atom is -0.464 e. The zero-order chi connectivity index (χ0) is 15.2. The fourth-order valence-corrected chi connectivity index (χ4v) is 2.14. The molecule has 0 bridgehead atoms. The fraction of sp³-hybridized carbons (Fsp3) is 0.333. The summed E-state index contributed by atoms with van der Waals surface area (Å²) in [6.07, 6.45) is 3.50. The molecule has 0 amide bonds. The molecule has 6 heteroatoms. The number of ether oxygens (including phenoxy) is 1. The molecule has 1 aromatic carbocycles. The Morgan fingerprint density at radius 3 is 2.90 bits per heavy atom. The highest BCUT2D eigenvalue weighted by molar-refractivity contribution is 6.30. The number of carbonyl (C=O) groups excluding carboxylic acids is 1. The highest BCUT2D eigenvalue weighted by atomic mass is 35.5. The van der Waals surface area contributed by atoms with E-state index in [1.54, 1.807) is 29.9 Å². The Hall–Kier alpha value is -2.01. The molecule has 2 rings (SSSR count). The molecular weight excluding hydrogens is 290 g/mol. The third kappa shape index (κ3) is 3.98. The Bertz CT molecular complexity index is 612. The maximum absolute atomic E-state index is 12.2. The second-order valence-electron chi connectivity index (χ2n) is 4.47. The van der Waals surface area contributed by atoms with Crippen molar-refractivity contribution in [3.05, 3.63) is 47.2 Å². The van der Waals surface area contributed by atoms with E-state index in [0.717, 1.165) is 17.8 Å². The van der Waals surface area contributed by atoms with Crippen LogP contribution in [0, 0.1) is 0 Å². The van der Waals surface area contributed by atoms with Crippen molar-refractivity contribution in [2.24, 2.45) is 0 Å². The van der Waals surface area contributed by atoms with Gasteiger partial charge in [-0.1, -0.05) is 17.7 Å². The highest BCUT2D eigenvalue weighted by Crippen LogP contribution is 2.23. The van der Waals surface area contributed by atoms with Gasteiger partial charge in [-0.05, 0) is 32.0 Å². The molecule has 0 aliphatic heterocycles. The van der Waals surface area contributed by atoms with Gasteiger partial charge in [0, 0.05) is 29.0 Å². The number of esters is 1. The van der Waals surface area contributed by atoms with E-state index in [2.05, 4.69) is 10.4 Å². The molecule has 0 aliphatic rings. The van der Waals surface area contributed by atoms with Gasteiger partial charge >= 0.3 is 5.97 Å². The van der Waals surface area contributed by atoms with Crippen LogP contribution in [0.15, 0.2) is 36.7 Å². The summed E-state index contributed by atoms with van der Waals surface area (Å²) in [5.41, 5.74) is 1.51. The number of anilines is 1. The number of halogens is 1. The van der Waals surface area contributed by atoms with Crippen LogP contribution in [-0.4, -0.2) is 22.4 Å². The summed E-state index contributed by atoms with van der Waals surface area (Å²) in [4.78, 5) is 12.2. The summed E-state index contributed by atoms with van der Waals surface area (Å²) in [6.45, 7) is 4.84. The quantitative estimate of drug-likeness (QED) is 0.832. The van der Waals surface area contributed by atoms with E-state index >= 15 is 0 Å². The number of carbonyl (C=O) groups is 1. The maximum atomic E-state index is 12.2. The van der Waals surface area contributed by atoms with Crippen LogP contribution in [0.25, 0.3) is 0 Å². The van der Waals surface area contributed by atoms with Crippen LogP contribution < -0.4 is 5.32 Å². The molecule has 1 unspecified atom stereocenters. The monoisotopic (exact) mass is 307 g/mol. The van der Waals surface area contributed by atoms with E-state index in [4.69, 9.17) is 16.3 Å². The van der Waals surface area contributed by atoms with Gasteiger partial charge in [-0.3, -0.25) is 4.68 Å². The van der Waals surface area contributed by atoms with E-state index < -0.39 is 6.04 Å². The number of benzene rings is 1. The van der Waals surface area contributed by atoms with Gasteiger partial charge in [-0.2, -0.15) is 5.10 Å². The van der Waals surface area contributed by atoms with E-state index in [9.17, 15) is 4.79 Å². The second kappa shape index (κ2) is 7.13. The molecule has 112 valence electrons. The summed E-state index contributed by atoms with van der Waals surface area (Å²) in [7, 11) is 0. The molecule has 0 saturated carbocycles. The largest absolute Gasteiger partial charge is 0.464 e. The molecular formula is C15H18ClN3O2. The number of aromatic nitrogens is 2. The van der Waals surface area contributed by atoms with Crippen molar-refractivity contribution in [2.45, 2.75) is 26.4 Å². The van der Waals surface area contributed by atoms with Crippen molar-refractivity contribution in [3.8, 4) is 0 Å². The summed E-state index contributed by atoms with van der Waals surface area (Å²) in [5, 5.41) is 7.95. The average molecular weight is 308 g/mol. The Morgan fingerprint density at radius 1 is 1.48 bits per heavy atom. The lowest BCUT2D eigenvalue weighted by Gasteiger charge is -2.17. The molecule has 21 heavy (non-hydrogen) atoms. The number of hydrogen-bond donors (Lipinski definition) is 1. The molecule has 0 spiro atoms. The molecule has 1 N–H and O–H groups in total. The first-order valence-electron chi connectivity index (χ1n) is 6.85. The minimum absolute atomic E-state index is 0.328. The summed E-state index contributed by atoms with van der Waals surface area (Å²) < 4.78 is 6.90. The standard InChI is InChI=1S/C15H18ClN3O2/c1-3-19-10-11(9-17-19)14(15(20)21-4-2)18-13-7-5-6-12(16)8-13/h5-10,14,18H,3-4H2,1-2H3. The number of nitrogens with one attached hydrogen (secondary N) is 1. The Morgan fingerprint density at radius 2 is 2.29 bits per heavy atom. The molecule has 5 nitrogen and oxygen atoms in total. The first kappa shape index (κ1) is 15.4. The zero-order valence-electron chi connectivity index (χ0n) is 12.0. The number of rotatable bonds is 6. The van der Waals surface area contributed by atoms with Crippen molar-refractivity contribution in [2.75, 3.05) is 11.9 Å². The fourth-order valence-electron chi connectivity index (χ4n) is 1.95. The van der Waals surface area contributed by atoms with Crippen LogP contribution >= 0.6 is 11.6 Å². The van der Waals surface area contributed by atoms with E-state index in [-0.39, 0.29) is 5.97 Å². The second-order valence-corrected chi connectivity index (χ2v) is 4.91. The Kier molecular flexibility index (Phi) is 5.22. The van der Waals surface area contributed by atoms with Crippen molar-refractivity contribution in [1.82, 2.24) is 9.78 Å². The van der Waals surface area contributed by atoms with Crippen molar-refractivity contribution in [1.29, 1.82) is 0 Å². The third-order valence-corrected chi connectivity index (χ3v) is 3.20. The van der Waals surface area contributed by atoms with Gasteiger partial charge in [-0.15, -0.1) is 0 Å². The van der Waals surface area contributed by atoms with Gasteiger partial charge in [0.25, 0.3) is 0 Å². The molecule has 0 fully saturated rings. The lowest BCUT2D eigenvalue weighted by Crippen LogP contribution is -2.23. The lowest BCUT2D eigenvalue weighted by atomic mass is 10.1. The highest BCUT2D eigenvalue weighted by Gasteiger charge is 2.23. The van der Waals surface area contributed by atoms with Crippen LogP contribution in [0.5, 0.6) is 0 Å². The van der Waals surface area contributed by atoms with Crippen LogP contribution in [0.2, 0.25) is 5.02 Å². The van der Waals surface area contributed by atoms with Crippen molar-refractivity contribution < 1.29 is 9.53 Å². The van der Waals surface area contributed by atoms with Gasteiger partial charge in [0.15, 0.2) is 6.04 Å². The number of aryl methyl sites for hydroxylation is 1. The molecule has 1 aromatic heterocycles. The van der Waals surface area contributed by atoms with Gasteiger partial charge in [-0.25, -0.2) is 4.79 Å². The summed E-state index contributed by atoms with van der Waals surface area (Å²) in [5.74, 6) is -0.340. The van der Waals surface area contributed by atoms with Crippen molar-refractivity contribution in [3.63, 3.8) is 0 Å². The Labute approximate surface area is 128 Å². The molecule has 0 radical (unpaired) electrons. The summed E-state index contributed by atoms with van der Waals surface area (Å²) >= 11 is 5.97. The lowest BCUT2D eigenvalue weighted by molar-refractivity contribution is -0.144. The predicted octanol–water partition coefficient (Wildman–Crippen LogP) is 3.27. The van der Waals surface area contributed by atoms with E-state index in [1.807, 2.05) is 25.3 Å². The first-order chi connectivity index (χ1) is 10.1. The SMILES string of the molecule is CCOC(=O)C(Nc1cccc(Cl)c1)c1cnn(CC)c1. The number of nitrogens with zero attached hydrogens (tertiary/aromatic N) is 2. The van der Waals surface area contributed by atoms with Crippen LogP contribution in [0.3, 0.4) is 0 Å². The summed E-state index contributed by atoms with van der Waals surface area (Å²) in [6, 6.07) is 6.60. The van der Waals surface area contributed by atoms with Crippen LogP contribution in [0.4, 0.5) is 5.69 Å². The number of hydrogen-bond acceptors (Lipinski definition) is 4. The minimum atomic E-state index is -0.608. The Balaban J connectivity index is 2.25.